The second-order valence-corrected chi connectivity index (χ2v) is 5.19. The van der Waals surface area contributed by atoms with E-state index in [4.69, 9.17) is 16.7 Å². The molecular formula is C11H10BrClFNO2. The van der Waals surface area contributed by atoms with Crippen molar-refractivity contribution in [2.24, 2.45) is 5.92 Å². The van der Waals surface area contributed by atoms with Crippen LogP contribution >= 0.6 is 27.5 Å². The molecule has 0 aromatic heterocycles. The molecule has 1 aliphatic heterocycles. The number of carboxylic acids is 1. The lowest BCUT2D eigenvalue weighted by molar-refractivity contribution is -0.141. The van der Waals surface area contributed by atoms with Gasteiger partial charge in [-0.3, -0.25) is 4.79 Å². The lowest BCUT2D eigenvalue weighted by atomic mass is 10.00. The van der Waals surface area contributed by atoms with E-state index in [1.54, 1.807) is 0 Å². The second-order valence-electron chi connectivity index (χ2n) is 3.99. The van der Waals surface area contributed by atoms with E-state index in [9.17, 15) is 9.18 Å². The first kappa shape index (κ1) is 12.8. The molecule has 0 saturated carbocycles. The van der Waals surface area contributed by atoms with Crippen LogP contribution in [0.15, 0.2) is 16.6 Å². The fourth-order valence-electron chi connectivity index (χ4n) is 2.01. The molecular weight excluding hydrogens is 312 g/mol. The van der Waals surface area contributed by atoms with E-state index in [2.05, 4.69) is 21.2 Å². The first-order valence-corrected chi connectivity index (χ1v) is 6.27. The second kappa shape index (κ2) is 4.92. The molecule has 1 fully saturated rings. The highest BCUT2D eigenvalue weighted by molar-refractivity contribution is 9.10. The molecule has 2 atom stereocenters. The Labute approximate surface area is 111 Å². The molecule has 0 amide bonds. The minimum Gasteiger partial charge on any atom is -0.481 e. The molecule has 3 nitrogen and oxygen atoms in total. The van der Waals surface area contributed by atoms with Gasteiger partial charge in [-0.25, -0.2) is 4.39 Å². The van der Waals surface area contributed by atoms with E-state index < -0.39 is 11.9 Å². The van der Waals surface area contributed by atoms with Crippen molar-refractivity contribution in [3.8, 4) is 0 Å². The van der Waals surface area contributed by atoms with Crippen LogP contribution in [0.25, 0.3) is 0 Å². The molecule has 92 valence electrons. The van der Waals surface area contributed by atoms with Crippen LogP contribution in [0.2, 0.25) is 5.02 Å². The van der Waals surface area contributed by atoms with Crippen LogP contribution in [0, 0.1) is 11.7 Å². The number of nitrogens with one attached hydrogen (secondary N) is 1. The first-order chi connectivity index (χ1) is 8.00. The van der Waals surface area contributed by atoms with Crippen LogP contribution in [0.4, 0.5) is 4.39 Å². The molecule has 2 rings (SSSR count). The van der Waals surface area contributed by atoms with Crippen molar-refractivity contribution in [3.05, 3.63) is 33.0 Å². The average molecular weight is 323 g/mol. The van der Waals surface area contributed by atoms with Crippen molar-refractivity contribution in [1.29, 1.82) is 0 Å². The fraction of sp³-hybridized carbons (Fsp3) is 0.364. The standard InChI is InChI=1S/C11H10BrClFNO2/c12-10-6(13)1-2-7(14)9(10)8-3-5(4-15-8)11(16)17/h1-2,5,8,15H,3-4H2,(H,16,17). The third-order valence-electron chi connectivity index (χ3n) is 2.91. The molecule has 2 N–H and O–H groups in total. The zero-order chi connectivity index (χ0) is 12.6. The van der Waals surface area contributed by atoms with E-state index in [1.165, 1.54) is 12.1 Å². The van der Waals surface area contributed by atoms with Crippen LogP contribution in [0.1, 0.15) is 18.0 Å². The number of rotatable bonds is 2. The maximum Gasteiger partial charge on any atom is 0.307 e. The Balaban J connectivity index is 2.30. The van der Waals surface area contributed by atoms with E-state index in [1.807, 2.05) is 0 Å². The van der Waals surface area contributed by atoms with Gasteiger partial charge in [0.25, 0.3) is 0 Å². The maximum absolute atomic E-state index is 13.7. The van der Waals surface area contributed by atoms with Crippen LogP contribution in [-0.4, -0.2) is 17.6 Å². The Kier molecular flexibility index (Phi) is 3.70. The Morgan fingerprint density at radius 1 is 1.59 bits per heavy atom. The summed E-state index contributed by atoms with van der Waals surface area (Å²) in [5.74, 6) is -1.73. The summed E-state index contributed by atoms with van der Waals surface area (Å²) in [6, 6.07) is 2.44. The summed E-state index contributed by atoms with van der Waals surface area (Å²) in [7, 11) is 0. The van der Waals surface area contributed by atoms with Gasteiger partial charge in [0, 0.05) is 22.6 Å². The summed E-state index contributed by atoms with van der Waals surface area (Å²) < 4.78 is 14.2. The number of carboxylic acid groups (broad SMARTS) is 1. The predicted octanol–water partition coefficient (Wildman–Crippen LogP) is 2.98. The van der Waals surface area contributed by atoms with Gasteiger partial charge in [0.05, 0.1) is 10.9 Å². The first-order valence-electron chi connectivity index (χ1n) is 5.10. The Morgan fingerprint density at radius 2 is 2.29 bits per heavy atom. The predicted molar refractivity (Wildman–Crippen MR) is 65.6 cm³/mol. The lowest BCUT2D eigenvalue weighted by Gasteiger charge is -2.14. The Morgan fingerprint density at radius 3 is 2.88 bits per heavy atom. The normalized spacial score (nSPS) is 23.9. The zero-order valence-electron chi connectivity index (χ0n) is 8.71. The molecule has 1 aromatic carbocycles. The van der Waals surface area contributed by atoms with Crippen molar-refractivity contribution in [1.82, 2.24) is 5.32 Å². The molecule has 1 aromatic rings. The van der Waals surface area contributed by atoms with Gasteiger partial charge in [-0.15, -0.1) is 0 Å². The summed E-state index contributed by atoms with van der Waals surface area (Å²) in [6.45, 7) is 0.346. The molecule has 1 heterocycles. The number of hydrogen-bond donors (Lipinski definition) is 2. The van der Waals surface area contributed by atoms with Crippen molar-refractivity contribution in [2.45, 2.75) is 12.5 Å². The minimum absolute atomic E-state index is 0.316. The molecule has 6 heteroatoms. The van der Waals surface area contributed by atoms with Crippen LogP contribution in [-0.2, 0) is 4.79 Å². The highest BCUT2D eigenvalue weighted by atomic mass is 79.9. The Bertz CT molecular complexity index is 469. The molecule has 0 radical (unpaired) electrons. The van der Waals surface area contributed by atoms with Gasteiger partial charge < -0.3 is 10.4 Å². The summed E-state index contributed by atoms with van der Waals surface area (Å²) in [6.07, 6.45) is 0.366. The van der Waals surface area contributed by atoms with Gasteiger partial charge in [-0.05, 0) is 34.5 Å². The number of carbonyl (C=O) groups is 1. The molecule has 2 unspecified atom stereocenters. The van der Waals surface area contributed by atoms with Crippen molar-refractivity contribution >= 4 is 33.5 Å². The maximum atomic E-state index is 13.7. The summed E-state index contributed by atoms with van der Waals surface area (Å²) in [4.78, 5) is 10.8. The number of hydrogen-bond acceptors (Lipinski definition) is 2. The van der Waals surface area contributed by atoms with Crippen molar-refractivity contribution < 1.29 is 14.3 Å². The number of halogens is 3. The van der Waals surface area contributed by atoms with Crippen molar-refractivity contribution in [3.63, 3.8) is 0 Å². The highest BCUT2D eigenvalue weighted by Crippen LogP contribution is 2.37. The van der Waals surface area contributed by atoms with Crippen LogP contribution in [0.5, 0.6) is 0 Å². The summed E-state index contributed by atoms with van der Waals surface area (Å²) in [5.41, 5.74) is 0.404. The van der Waals surface area contributed by atoms with E-state index in [0.717, 1.165) is 0 Å². The van der Waals surface area contributed by atoms with Gasteiger partial charge in [0.15, 0.2) is 0 Å². The zero-order valence-corrected chi connectivity index (χ0v) is 11.1. The Hall–Kier alpha value is -0.650. The minimum atomic E-state index is -0.862. The molecule has 1 saturated heterocycles. The third kappa shape index (κ3) is 2.46. The highest BCUT2D eigenvalue weighted by Gasteiger charge is 2.33. The molecule has 1 aliphatic rings. The molecule has 0 aliphatic carbocycles. The SMILES string of the molecule is O=C(O)C1CNC(c2c(F)ccc(Cl)c2Br)C1. The average Bonchev–Trinajstić information content (AvgIpc) is 2.73. The van der Waals surface area contributed by atoms with Crippen molar-refractivity contribution in [2.75, 3.05) is 6.54 Å². The fourth-order valence-corrected chi connectivity index (χ4v) is 2.77. The quantitative estimate of drug-likeness (QED) is 0.823. The van der Waals surface area contributed by atoms with E-state index in [0.29, 0.717) is 28.0 Å². The van der Waals surface area contributed by atoms with E-state index in [-0.39, 0.29) is 11.9 Å². The topological polar surface area (TPSA) is 49.3 Å². The van der Waals surface area contributed by atoms with Gasteiger partial charge in [-0.2, -0.15) is 0 Å². The smallest absolute Gasteiger partial charge is 0.307 e. The van der Waals surface area contributed by atoms with E-state index >= 15 is 0 Å². The molecule has 17 heavy (non-hydrogen) atoms. The molecule has 0 bridgehead atoms. The number of benzene rings is 1. The van der Waals surface area contributed by atoms with Crippen LogP contribution < -0.4 is 5.32 Å². The van der Waals surface area contributed by atoms with Gasteiger partial charge >= 0.3 is 5.97 Å². The summed E-state index contributed by atoms with van der Waals surface area (Å²) >= 11 is 9.14. The van der Waals surface area contributed by atoms with Gasteiger partial charge in [0.1, 0.15) is 5.82 Å². The monoisotopic (exact) mass is 321 g/mol. The third-order valence-corrected chi connectivity index (χ3v) is 4.31. The largest absolute Gasteiger partial charge is 0.481 e. The van der Waals surface area contributed by atoms with Gasteiger partial charge in [0.2, 0.25) is 0 Å². The molecule has 0 spiro atoms. The number of aliphatic carboxylic acids is 1. The lowest BCUT2D eigenvalue weighted by Crippen LogP contribution is -2.18. The summed E-state index contributed by atoms with van der Waals surface area (Å²) in [5, 5.41) is 12.3. The van der Waals surface area contributed by atoms with Crippen LogP contribution in [0.3, 0.4) is 0 Å². The van der Waals surface area contributed by atoms with Gasteiger partial charge in [-0.1, -0.05) is 11.6 Å².